The van der Waals surface area contributed by atoms with Gasteiger partial charge in [0.2, 0.25) is 0 Å². The van der Waals surface area contributed by atoms with Crippen molar-refractivity contribution in [1.82, 2.24) is 0 Å². The number of carbonyl (C=O) groups excluding carboxylic acids is 1. The molecule has 0 aromatic carbocycles. The van der Waals surface area contributed by atoms with E-state index in [9.17, 15) is 19.8 Å². The molecule has 2 fully saturated rings. The summed E-state index contributed by atoms with van der Waals surface area (Å²) in [5.41, 5.74) is 0. The fourth-order valence-corrected chi connectivity index (χ4v) is 5.08. The van der Waals surface area contributed by atoms with Gasteiger partial charge in [-0.3, -0.25) is 9.59 Å². The van der Waals surface area contributed by atoms with Gasteiger partial charge in [0.25, 0.3) is 0 Å². The van der Waals surface area contributed by atoms with Gasteiger partial charge >= 0.3 is 5.97 Å². The maximum atomic E-state index is 12.3. The molecule has 2 saturated carbocycles. The molecule has 160 valence electrons. The zero-order chi connectivity index (χ0) is 20.5. The number of aliphatic hydroxyl groups excluding tert-OH is 2. The second kappa shape index (κ2) is 11.7. The highest BCUT2D eigenvalue weighted by Gasteiger charge is 2.39. The smallest absolute Gasteiger partial charge is 0.303 e. The Morgan fingerprint density at radius 2 is 1.93 bits per heavy atom. The van der Waals surface area contributed by atoms with E-state index in [1.165, 1.54) is 19.3 Å². The number of aliphatic carboxylic acids is 1. The van der Waals surface area contributed by atoms with Crippen molar-refractivity contribution in [2.75, 3.05) is 0 Å². The first-order valence-electron chi connectivity index (χ1n) is 11.2. The van der Waals surface area contributed by atoms with Gasteiger partial charge in [0, 0.05) is 24.7 Å². The summed E-state index contributed by atoms with van der Waals surface area (Å²) in [6.07, 6.45) is 12.8. The van der Waals surface area contributed by atoms with Crippen LogP contribution in [0.2, 0.25) is 0 Å². The Labute approximate surface area is 169 Å². The van der Waals surface area contributed by atoms with Crippen LogP contribution in [0.25, 0.3) is 0 Å². The van der Waals surface area contributed by atoms with Crippen LogP contribution in [0.15, 0.2) is 12.2 Å². The number of carboxylic acids is 1. The topological polar surface area (TPSA) is 94.8 Å². The Kier molecular flexibility index (Phi) is 9.66. The number of ketones is 1. The van der Waals surface area contributed by atoms with Crippen LogP contribution in [-0.4, -0.2) is 39.3 Å². The highest BCUT2D eigenvalue weighted by Crippen LogP contribution is 2.38. The molecule has 0 saturated heterocycles. The largest absolute Gasteiger partial charge is 0.481 e. The van der Waals surface area contributed by atoms with E-state index in [0.29, 0.717) is 12.3 Å². The molecule has 0 spiro atoms. The normalized spacial score (nSPS) is 31.7. The van der Waals surface area contributed by atoms with E-state index in [4.69, 9.17) is 5.11 Å². The molecule has 2 rings (SSSR count). The van der Waals surface area contributed by atoms with Crippen LogP contribution >= 0.6 is 0 Å². The molecule has 0 heterocycles. The fraction of sp³-hybridized carbons (Fsp3) is 0.826. The molecule has 5 heteroatoms. The predicted molar refractivity (Wildman–Crippen MR) is 109 cm³/mol. The van der Waals surface area contributed by atoms with Crippen LogP contribution in [0.5, 0.6) is 0 Å². The number of Topliss-reactive ketones (excluding diaryl/α,β-unsaturated/α-hetero) is 1. The van der Waals surface area contributed by atoms with Gasteiger partial charge in [0.15, 0.2) is 0 Å². The zero-order valence-electron chi connectivity index (χ0n) is 17.3. The summed E-state index contributed by atoms with van der Waals surface area (Å²) >= 11 is 0. The first-order chi connectivity index (χ1) is 13.4. The number of rotatable bonds is 12. The molecule has 0 aromatic heterocycles. The van der Waals surface area contributed by atoms with Crippen LogP contribution in [0.1, 0.15) is 84.0 Å². The van der Waals surface area contributed by atoms with E-state index < -0.39 is 18.2 Å². The minimum absolute atomic E-state index is 0.117. The first-order valence-corrected chi connectivity index (χ1v) is 11.2. The van der Waals surface area contributed by atoms with Gasteiger partial charge in [0.1, 0.15) is 5.78 Å². The zero-order valence-corrected chi connectivity index (χ0v) is 17.3. The maximum Gasteiger partial charge on any atom is 0.303 e. The van der Waals surface area contributed by atoms with Crippen molar-refractivity contribution in [3.05, 3.63) is 12.2 Å². The van der Waals surface area contributed by atoms with Gasteiger partial charge in [-0.1, -0.05) is 57.6 Å². The lowest BCUT2D eigenvalue weighted by Crippen LogP contribution is -2.21. The van der Waals surface area contributed by atoms with E-state index in [0.717, 1.165) is 44.4 Å². The molecule has 6 atom stereocenters. The van der Waals surface area contributed by atoms with E-state index in [1.54, 1.807) is 0 Å². The van der Waals surface area contributed by atoms with E-state index in [2.05, 4.69) is 6.92 Å². The number of carboxylic acid groups (broad SMARTS) is 1. The summed E-state index contributed by atoms with van der Waals surface area (Å²) in [5.74, 6) is 0.0100. The van der Waals surface area contributed by atoms with Crippen LogP contribution < -0.4 is 0 Å². The molecule has 28 heavy (non-hydrogen) atoms. The standard InChI is InChI=1S/C23H38O5/c1-2-7-16-10-11-17(14-16)20(24)13-12-19-18(21(25)15-22(19)26)8-5-3-4-6-9-23(27)28/h12-13,16-20,22,24,26H,2-11,14-15H2,1H3,(H,27,28)/t16?,17?,18-,19-,20-,22-/m1/s1. The van der Waals surface area contributed by atoms with E-state index in [1.807, 2.05) is 12.2 Å². The van der Waals surface area contributed by atoms with Crippen molar-refractivity contribution < 1.29 is 24.9 Å². The van der Waals surface area contributed by atoms with Crippen molar-refractivity contribution in [2.45, 2.75) is 96.2 Å². The number of hydrogen-bond donors (Lipinski definition) is 3. The number of hydrogen-bond acceptors (Lipinski definition) is 4. The van der Waals surface area contributed by atoms with Crippen LogP contribution in [0, 0.1) is 23.7 Å². The molecule has 0 aliphatic heterocycles. The van der Waals surface area contributed by atoms with Gasteiger partial charge < -0.3 is 15.3 Å². The quantitative estimate of drug-likeness (QED) is 0.342. The Morgan fingerprint density at radius 3 is 2.64 bits per heavy atom. The van der Waals surface area contributed by atoms with Gasteiger partial charge in [0.05, 0.1) is 12.2 Å². The number of aliphatic hydroxyl groups is 2. The van der Waals surface area contributed by atoms with Crippen molar-refractivity contribution in [2.24, 2.45) is 23.7 Å². The van der Waals surface area contributed by atoms with Crippen molar-refractivity contribution in [3.63, 3.8) is 0 Å². The molecule has 3 N–H and O–H groups in total. The Bertz CT molecular complexity index is 529. The first kappa shape index (κ1) is 23.1. The predicted octanol–water partition coefficient (Wildman–Crippen LogP) is 4.11. The number of unbranched alkanes of at least 4 members (excludes halogenated alkanes) is 3. The molecular formula is C23H38O5. The molecular weight excluding hydrogens is 356 g/mol. The van der Waals surface area contributed by atoms with E-state index >= 15 is 0 Å². The van der Waals surface area contributed by atoms with Crippen LogP contribution in [0.4, 0.5) is 0 Å². The van der Waals surface area contributed by atoms with Crippen molar-refractivity contribution in [1.29, 1.82) is 0 Å². The molecule has 0 aromatic rings. The highest BCUT2D eigenvalue weighted by molar-refractivity contribution is 5.84. The van der Waals surface area contributed by atoms with E-state index in [-0.39, 0.29) is 30.5 Å². The van der Waals surface area contributed by atoms with Crippen molar-refractivity contribution in [3.8, 4) is 0 Å². The summed E-state index contributed by atoms with van der Waals surface area (Å²) in [7, 11) is 0. The fourth-order valence-electron chi connectivity index (χ4n) is 5.08. The monoisotopic (exact) mass is 394 g/mol. The summed E-state index contributed by atoms with van der Waals surface area (Å²) in [4.78, 5) is 22.8. The minimum Gasteiger partial charge on any atom is -0.481 e. The number of carbonyl (C=O) groups is 2. The lowest BCUT2D eigenvalue weighted by atomic mass is 9.87. The molecule has 2 aliphatic carbocycles. The second-order valence-electron chi connectivity index (χ2n) is 8.87. The average Bonchev–Trinajstić information content (AvgIpc) is 3.21. The third kappa shape index (κ3) is 7.00. The minimum atomic E-state index is -0.763. The Balaban J connectivity index is 1.79. The summed E-state index contributed by atoms with van der Waals surface area (Å²) in [6, 6.07) is 0. The summed E-state index contributed by atoms with van der Waals surface area (Å²) in [5, 5.41) is 29.5. The van der Waals surface area contributed by atoms with Gasteiger partial charge in [-0.05, 0) is 37.5 Å². The maximum absolute atomic E-state index is 12.3. The lowest BCUT2D eigenvalue weighted by molar-refractivity contribution is -0.137. The molecule has 5 nitrogen and oxygen atoms in total. The Morgan fingerprint density at radius 1 is 1.18 bits per heavy atom. The molecule has 0 bridgehead atoms. The lowest BCUT2D eigenvalue weighted by Gasteiger charge is -2.19. The van der Waals surface area contributed by atoms with Gasteiger partial charge in [-0.25, -0.2) is 0 Å². The molecule has 0 radical (unpaired) electrons. The third-order valence-electron chi connectivity index (χ3n) is 6.68. The van der Waals surface area contributed by atoms with Crippen molar-refractivity contribution >= 4 is 11.8 Å². The summed E-state index contributed by atoms with van der Waals surface area (Å²) < 4.78 is 0. The Hall–Kier alpha value is -1.20. The second-order valence-corrected chi connectivity index (χ2v) is 8.87. The molecule has 2 unspecified atom stereocenters. The van der Waals surface area contributed by atoms with Crippen LogP contribution in [0.3, 0.4) is 0 Å². The van der Waals surface area contributed by atoms with Crippen LogP contribution in [-0.2, 0) is 9.59 Å². The third-order valence-corrected chi connectivity index (χ3v) is 6.68. The van der Waals surface area contributed by atoms with Gasteiger partial charge in [-0.2, -0.15) is 0 Å². The average molecular weight is 395 g/mol. The SMILES string of the molecule is CCCC1CCC([C@H](O)C=C[C@H]2[C@H](O)CC(=O)[C@@H]2CCCCCCC(=O)O)C1. The summed E-state index contributed by atoms with van der Waals surface area (Å²) in [6.45, 7) is 2.20. The highest BCUT2D eigenvalue weighted by atomic mass is 16.4. The molecule has 0 amide bonds. The molecule has 2 aliphatic rings. The van der Waals surface area contributed by atoms with Gasteiger partial charge in [-0.15, -0.1) is 0 Å².